The van der Waals surface area contributed by atoms with Crippen LogP contribution in [0.3, 0.4) is 0 Å². The lowest BCUT2D eigenvalue weighted by atomic mass is 10.2. The lowest BCUT2D eigenvalue weighted by molar-refractivity contribution is 0.491. The monoisotopic (exact) mass is 288 g/mol. The molecule has 0 saturated carbocycles. The van der Waals surface area contributed by atoms with Crippen molar-refractivity contribution in [2.24, 2.45) is 0 Å². The van der Waals surface area contributed by atoms with E-state index < -0.39 is 11.6 Å². The molecule has 2 aromatic rings. The quantitative estimate of drug-likeness (QED) is 0.919. The van der Waals surface area contributed by atoms with Crippen molar-refractivity contribution in [1.29, 1.82) is 0 Å². The number of nitrogens with two attached hydrogens (primary N) is 1. The first kappa shape index (κ1) is 11.0. The Kier molecular flexibility index (Phi) is 2.86. The van der Waals surface area contributed by atoms with Gasteiger partial charge in [0.15, 0.2) is 16.4 Å². The summed E-state index contributed by atoms with van der Waals surface area (Å²) in [5.74, 6) is -1.70. The number of halogens is 3. The van der Waals surface area contributed by atoms with Crippen molar-refractivity contribution in [3.63, 3.8) is 0 Å². The van der Waals surface area contributed by atoms with E-state index in [0.717, 1.165) is 6.07 Å². The zero-order valence-electron chi connectivity index (χ0n) is 7.99. The molecule has 84 valence electrons. The number of hydrogen-bond acceptors (Lipinski definition) is 3. The van der Waals surface area contributed by atoms with E-state index in [4.69, 9.17) is 5.73 Å². The van der Waals surface area contributed by atoms with Crippen molar-refractivity contribution in [3.05, 3.63) is 40.1 Å². The fourth-order valence-corrected chi connectivity index (χ4v) is 1.66. The number of anilines is 1. The van der Waals surface area contributed by atoms with Crippen LogP contribution in [0.15, 0.2) is 22.9 Å². The molecule has 0 radical (unpaired) electrons. The fraction of sp³-hybridized carbons (Fsp3) is 0.111. The van der Waals surface area contributed by atoms with E-state index in [1.807, 2.05) is 0 Å². The third kappa shape index (κ3) is 2.04. The second-order valence-electron chi connectivity index (χ2n) is 3.11. The summed E-state index contributed by atoms with van der Waals surface area (Å²) < 4.78 is 28.0. The number of aromatic nitrogens is 3. The fourth-order valence-electron chi connectivity index (χ4n) is 1.27. The van der Waals surface area contributed by atoms with E-state index in [9.17, 15) is 8.78 Å². The number of nitrogen functional groups attached to an aromatic ring is 1. The first-order valence-electron chi connectivity index (χ1n) is 4.36. The molecule has 1 aromatic carbocycles. The lowest BCUT2D eigenvalue weighted by Crippen LogP contribution is -2.05. The number of hydrogen-bond donors (Lipinski definition) is 1. The second kappa shape index (κ2) is 4.17. The van der Waals surface area contributed by atoms with Crippen LogP contribution in [0.2, 0.25) is 0 Å². The van der Waals surface area contributed by atoms with E-state index in [1.165, 1.54) is 16.8 Å². The highest BCUT2D eigenvalue weighted by Gasteiger charge is 2.11. The Bertz CT molecular complexity index is 526. The molecule has 16 heavy (non-hydrogen) atoms. The molecule has 0 aliphatic carbocycles. The van der Waals surface area contributed by atoms with E-state index in [2.05, 4.69) is 26.0 Å². The maximum Gasteiger partial charge on any atom is 0.240 e. The van der Waals surface area contributed by atoms with Crippen LogP contribution in [0.1, 0.15) is 5.56 Å². The summed E-state index contributed by atoms with van der Waals surface area (Å²) in [6.45, 7) is 0.0639. The van der Waals surface area contributed by atoms with Gasteiger partial charge in [-0.2, -0.15) is 4.98 Å². The number of benzene rings is 1. The molecule has 0 aliphatic heterocycles. The average molecular weight is 289 g/mol. The van der Waals surface area contributed by atoms with Crippen LogP contribution in [-0.2, 0) is 6.54 Å². The van der Waals surface area contributed by atoms with Gasteiger partial charge in [0, 0.05) is 5.56 Å². The maximum atomic E-state index is 13.3. The standard InChI is InChI=1S/C9H7BrF2N4/c10-8-14-9(13)15-16(8)4-5-2-1-3-6(11)7(5)12/h1-3H,4H2,(H2,13,15). The molecule has 1 aromatic heterocycles. The summed E-state index contributed by atoms with van der Waals surface area (Å²) in [6, 6.07) is 3.97. The maximum absolute atomic E-state index is 13.3. The van der Waals surface area contributed by atoms with Gasteiger partial charge in [0.1, 0.15) is 0 Å². The van der Waals surface area contributed by atoms with E-state index >= 15 is 0 Å². The molecule has 0 unspecified atom stereocenters. The SMILES string of the molecule is Nc1nc(Br)n(Cc2cccc(F)c2F)n1. The molecule has 0 spiro atoms. The average Bonchev–Trinajstić information content (AvgIpc) is 2.53. The predicted octanol–water partition coefficient (Wildman–Crippen LogP) is 1.95. The van der Waals surface area contributed by atoms with Crippen molar-refractivity contribution in [2.75, 3.05) is 5.73 Å². The lowest BCUT2D eigenvalue weighted by Gasteiger charge is -2.04. The van der Waals surface area contributed by atoms with Crippen LogP contribution >= 0.6 is 15.9 Å². The van der Waals surface area contributed by atoms with Crippen LogP contribution in [0, 0.1) is 11.6 Å². The van der Waals surface area contributed by atoms with Gasteiger partial charge >= 0.3 is 0 Å². The number of rotatable bonds is 2. The van der Waals surface area contributed by atoms with Gasteiger partial charge in [-0.15, -0.1) is 5.10 Å². The smallest absolute Gasteiger partial charge is 0.240 e. The Labute approximate surface area is 98.2 Å². The minimum Gasteiger partial charge on any atom is -0.366 e. The molecule has 0 atom stereocenters. The third-order valence-corrected chi connectivity index (χ3v) is 2.58. The van der Waals surface area contributed by atoms with Crippen LogP contribution in [-0.4, -0.2) is 14.8 Å². The minimum atomic E-state index is -0.887. The van der Waals surface area contributed by atoms with Gasteiger partial charge in [0.05, 0.1) is 6.54 Å². The molecule has 0 fully saturated rings. The van der Waals surface area contributed by atoms with E-state index in [1.54, 1.807) is 0 Å². The summed E-state index contributed by atoms with van der Waals surface area (Å²) in [5.41, 5.74) is 5.55. The largest absolute Gasteiger partial charge is 0.366 e. The van der Waals surface area contributed by atoms with Gasteiger partial charge in [-0.3, -0.25) is 0 Å². The van der Waals surface area contributed by atoms with Crippen LogP contribution in [0.4, 0.5) is 14.7 Å². The normalized spacial score (nSPS) is 10.7. The zero-order chi connectivity index (χ0) is 11.7. The van der Waals surface area contributed by atoms with E-state index in [-0.39, 0.29) is 18.1 Å². The van der Waals surface area contributed by atoms with Gasteiger partial charge in [-0.1, -0.05) is 12.1 Å². The Morgan fingerprint density at radius 3 is 2.75 bits per heavy atom. The topological polar surface area (TPSA) is 56.7 Å². The van der Waals surface area contributed by atoms with Gasteiger partial charge in [-0.25, -0.2) is 13.5 Å². The molecule has 7 heteroatoms. The molecule has 0 amide bonds. The first-order chi connectivity index (χ1) is 7.58. The van der Waals surface area contributed by atoms with Crippen molar-refractivity contribution < 1.29 is 8.78 Å². The molecular weight excluding hydrogens is 282 g/mol. The summed E-state index contributed by atoms with van der Waals surface area (Å²) >= 11 is 3.11. The Morgan fingerprint density at radius 1 is 1.38 bits per heavy atom. The minimum absolute atomic E-state index is 0.0639. The second-order valence-corrected chi connectivity index (χ2v) is 3.82. The Hall–Kier alpha value is -1.50. The zero-order valence-corrected chi connectivity index (χ0v) is 9.58. The molecule has 4 nitrogen and oxygen atoms in total. The predicted molar refractivity (Wildman–Crippen MR) is 57.6 cm³/mol. The molecular formula is C9H7BrF2N4. The highest BCUT2D eigenvalue weighted by Crippen LogP contribution is 2.15. The molecule has 1 heterocycles. The molecule has 0 saturated heterocycles. The van der Waals surface area contributed by atoms with Crippen LogP contribution in [0.25, 0.3) is 0 Å². The molecule has 0 bridgehead atoms. The van der Waals surface area contributed by atoms with Crippen LogP contribution in [0.5, 0.6) is 0 Å². The summed E-state index contributed by atoms with van der Waals surface area (Å²) in [4.78, 5) is 3.79. The molecule has 2 N–H and O–H groups in total. The number of nitrogens with zero attached hydrogens (tertiary/aromatic N) is 3. The third-order valence-electron chi connectivity index (χ3n) is 1.99. The first-order valence-corrected chi connectivity index (χ1v) is 5.16. The van der Waals surface area contributed by atoms with Gasteiger partial charge in [0.2, 0.25) is 5.95 Å². The highest BCUT2D eigenvalue weighted by atomic mass is 79.9. The highest BCUT2D eigenvalue weighted by molar-refractivity contribution is 9.10. The van der Waals surface area contributed by atoms with Crippen molar-refractivity contribution in [1.82, 2.24) is 14.8 Å². The Balaban J connectivity index is 2.34. The molecule has 0 aliphatic rings. The van der Waals surface area contributed by atoms with Crippen molar-refractivity contribution in [2.45, 2.75) is 6.54 Å². The van der Waals surface area contributed by atoms with Crippen molar-refractivity contribution in [3.8, 4) is 0 Å². The van der Waals surface area contributed by atoms with Gasteiger partial charge in [-0.05, 0) is 22.0 Å². The van der Waals surface area contributed by atoms with E-state index in [0.29, 0.717) is 4.73 Å². The van der Waals surface area contributed by atoms with Crippen molar-refractivity contribution >= 4 is 21.9 Å². The Morgan fingerprint density at radius 2 is 2.12 bits per heavy atom. The van der Waals surface area contributed by atoms with Crippen LogP contribution < -0.4 is 5.73 Å². The van der Waals surface area contributed by atoms with Gasteiger partial charge < -0.3 is 5.73 Å². The summed E-state index contributed by atoms with van der Waals surface area (Å²) in [6.07, 6.45) is 0. The summed E-state index contributed by atoms with van der Waals surface area (Å²) in [5, 5.41) is 3.82. The van der Waals surface area contributed by atoms with Gasteiger partial charge in [0.25, 0.3) is 0 Å². The molecule has 2 rings (SSSR count). The summed E-state index contributed by atoms with van der Waals surface area (Å²) in [7, 11) is 0.